The quantitative estimate of drug-likeness (QED) is 0.741. The second-order valence-corrected chi connectivity index (χ2v) is 8.34. The van der Waals surface area contributed by atoms with Crippen molar-refractivity contribution in [3.63, 3.8) is 0 Å². The smallest absolute Gasteiger partial charge is 0.392 e. The van der Waals surface area contributed by atoms with Crippen LogP contribution in [0.5, 0.6) is 5.75 Å². The van der Waals surface area contributed by atoms with Crippen molar-refractivity contribution in [2.75, 3.05) is 6.61 Å². The molecule has 0 aliphatic rings. The first-order valence-electron chi connectivity index (χ1n) is 5.48. The molecule has 0 N–H and O–H groups in total. The Morgan fingerprint density at radius 2 is 1.88 bits per heavy atom. The van der Waals surface area contributed by atoms with E-state index < -0.39 is 8.56 Å². The maximum atomic E-state index is 6.03. The average Bonchev–Trinajstić information content (AvgIpc) is 2.19. The summed E-state index contributed by atoms with van der Waals surface area (Å²) in [5.74, 6) is 1.23. The zero-order valence-electron chi connectivity index (χ0n) is 10.3. The van der Waals surface area contributed by atoms with E-state index in [4.69, 9.17) is 20.5 Å². The van der Waals surface area contributed by atoms with Crippen molar-refractivity contribution >= 4 is 20.2 Å². The predicted molar refractivity (Wildman–Crippen MR) is 70.4 cm³/mol. The lowest BCUT2D eigenvalue weighted by atomic mass is 10.2. The van der Waals surface area contributed by atoms with E-state index in [0.717, 1.165) is 6.61 Å². The highest BCUT2D eigenvalue weighted by atomic mass is 35.5. The molecule has 2 nitrogen and oxygen atoms in total. The maximum Gasteiger partial charge on any atom is 0.392 e. The Morgan fingerprint density at radius 1 is 1.25 bits per heavy atom. The van der Waals surface area contributed by atoms with Crippen LogP contribution in [0.4, 0.5) is 0 Å². The molecule has 16 heavy (non-hydrogen) atoms. The molecule has 90 valence electrons. The van der Waals surface area contributed by atoms with Gasteiger partial charge in [0.1, 0.15) is 5.75 Å². The van der Waals surface area contributed by atoms with Gasteiger partial charge in [0.15, 0.2) is 0 Å². The molecule has 0 amide bonds. The van der Waals surface area contributed by atoms with Crippen LogP contribution in [0.1, 0.15) is 13.8 Å². The van der Waals surface area contributed by atoms with Crippen molar-refractivity contribution in [2.24, 2.45) is 5.92 Å². The third-order valence-electron chi connectivity index (χ3n) is 1.96. The van der Waals surface area contributed by atoms with Gasteiger partial charge < -0.3 is 8.85 Å². The second kappa shape index (κ2) is 5.71. The zero-order valence-corrected chi connectivity index (χ0v) is 12.0. The van der Waals surface area contributed by atoms with Crippen LogP contribution in [-0.2, 0) is 4.43 Å². The Hall–Kier alpha value is -0.513. The maximum absolute atomic E-state index is 6.03. The highest BCUT2D eigenvalue weighted by molar-refractivity contribution is 6.65. The van der Waals surface area contributed by atoms with Crippen LogP contribution >= 0.6 is 11.6 Å². The van der Waals surface area contributed by atoms with Crippen molar-refractivity contribution in [3.8, 4) is 5.75 Å². The standard InChI is InChI=1S/C12H19ClO2Si/c1-10(2)9-14-16(3,4)15-12-8-6-5-7-11(12)13/h5-8,10H,9H2,1-4H3. The average molecular weight is 259 g/mol. The van der Waals surface area contributed by atoms with Gasteiger partial charge in [-0.2, -0.15) is 0 Å². The number of halogens is 1. The molecule has 0 aliphatic heterocycles. The van der Waals surface area contributed by atoms with E-state index in [0.29, 0.717) is 16.7 Å². The van der Waals surface area contributed by atoms with Crippen LogP contribution in [0.15, 0.2) is 24.3 Å². The first-order chi connectivity index (χ1) is 7.41. The summed E-state index contributed by atoms with van der Waals surface area (Å²) >= 11 is 6.03. The minimum Gasteiger partial charge on any atom is -0.519 e. The van der Waals surface area contributed by atoms with Gasteiger partial charge in [-0.05, 0) is 31.1 Å². The summed E-state index contributed by atoms with van der Waals surface area (Å²) in [5, 5.41) is 0.635. The highest BCUT2D eigenvalue weighted by Gasteiger charge is 2.27. The topological polar surface area (TPSA) is 18.5 Å². The molecule has 1 aromatic rings. The summed E-state index contributed by atoms with van der Waals surface area (Å²) in [4.78, 5) is 0. The van der Waals surface area contributed by atoms with Gasteiger partial charge >= 0.3 is 8.56 Å². The number of benzene rings is 1. The van der Waals surface area contributed by atoms with Gasteiger partial charge in [0.05, 0.1) is 5.02 Å². The monoisotopic (exact) mass is 258 g/mol. The molecular weight excluding hydrogens is 240 g/mol. The summed E-state index contributed by atoms with van der Waals surface area (Å²) in [6.45, 7) is 9.03. The molecule has 0 spiro atoms. The third kappa shape index (κ3) is 4.55. The zero-order chi connectivity index (χ0) is 12.2. The predicted octanol–water partition coefficient (Wildman–Crippen LogP) is 4.09. The van der Waals surface area contributed by atoms with E-state index in [1.807, 2.05) is 37.4 Å². The van der Waals surface area contributed by atoms with Gasteiger partial charge in [0, 0.05) is 6.61 Å². The lowest BCUT2D eigenvalue weighted by Crippen LogP contribution is -2.39. The van der Waals surface area contributed by atoms with Gasteiger partial charge in [0.25, 0.3) is 0 Å². The SMILES string of the molecule is CC(C)CO[Si](C)(C)Oc1ccccc1Cl. The van der Waals surface area contributed by atoms with E-state index in [9.17, 15) is 0 Å². The first-order valence-corrected chi connectivity index (χ1v) is 8.67. The Labute approximate surface area is 104 Å². The minimum atomic E-state index is -2.12. The Kier molecular flexibility index (Phi) is 4.83. The lowest BCUT2D eigenvalue weighted by molar-refractivity contribution is 0.216. The molecule has 0 aromatic heterocycles. The molecule has 0 fully saturated rings. The van der Waals surface area contributed by atoms with Gasteiger partial charge in [-0.1, -0.05) is 37.6 Å². The third-order valence-corrected chi connectivity index (χ3v) is 3.84. The molecule has 4 heteroatoms. The molecule has 1 aromatic carbocycles. The molecule has 0 atom stereocenters. The van der Waals surface area contributed by atoms with Crippen molar-refractivity contribution in [3.05, 3.63) is 29.3 Å². The van der Waals surface area contributed by atoms with E-state index in [1.54, 1.807) is 0 Å². The number of hydrogen-bond acceptors (Lipinski definition) is 2. The van der Waals surface area contributed by atoms with Crippen LogP contribution in [0.2, 0.25) is 18.1 Å². The molecule has 0 bridgehead atoms. The van der Waals surface area contributed by atoms with E-state index in [1.165, 1.54) is 0 Å². The molecule has 0 heterocycles. The van der Waals surface area contributed by atoms with Crippen LogP contribution in [0, 0.1) is 5.92 Å². The summed E-state index contributed by atoms with van der Waals surface area (Å²) in [5.41, 5.74) is 0. The minimum absolute atomic E-state index is 0.515. The summed E-state index contributed by atoms with van der Waals surface area (Å²) in [6.07, 6.45) is 0. The second-order valence-electron chi connectivity index (χ2n) is 4.64. The van der Waals surface area contributed by atoms with Gasteiger partial charge in [-0.25, -0.2) is 0 Å². The normalized spacial score (nSPS) is 11.9. The summed E-state index contributed by atoms with van der Waals surface area (Å²) < 4.78 is 11.7. The van der Waals surface area contributed by atoms with Crippen LogP contribution in [0.3, 0.4) is 0 Å². The molecule has 0 saturated carbocycles. The summed E-state index contributed by atoms with van der Waals surface area (Å²) in [7, 11) is -2.12. The van der Waals surface area contributed by atoms with E-state index in [2.05, 4.69) is 13.8 Å². The van der Waals surface area contributed by atoms with E-state index in [-0.39, 0.29) is 0 Å². The number of rotatable bonds is 5. The van der Waals surface area contributed by atoms with Gasteiger partial charge in [-0.15, -0.1) is 0 Å². The molecule has 1 rings (SSSR count). The van der Waals surface area contributed by atoms with Crippen LogP contribution in [0.25, 0.3) is 0 Å². The molecule has 0 aliphatic carbocycles. The van der Waals surface area contributed by atoms with Crippen molar-refractivity contribution in [2.45, 2.75) is 26.9 Å². The molecule has 0 unspecified atom stereocenters. The fourth-order valence-corrected chi connectivity index (χ4v) is 2.93. The van der Waals surface area contributed by atoms with Gasteiger partial charge in [-0.3, -0.25) is 0 Å². The van der Waals surface area contributed by atoms with Crippen LogP contribution < -0.4 is 4.43 Å². The highest BCUT2D eigenvalue weighted by Crippen LogP contribution is 2.26. The largest absolute Gasteiger partial charge is 0.519 e. The van der Waals surface area contributed by atoms with Crippen molar-refractivity contribution < 1.29 is 8.85 Å². The Morgan fingerprint density at radius 3 is 2.44 bits per heavy atom. The Balaban J connectivity index is 2.62. The van der Waals surface area contributed by atoms with Gasteiger partial charge in [0.2, 0.25) is 0 Å². The number of para-hydroxylation sites is 1. The Bertz CT molecular complexity index is 340. The summed E-state index contributed by atoms with van der Waals surface area (Å²) in [6, 6.07) is 7.49. The molecule has 0 radical (unpaired) electrons. The fraction of sp³-hybridized carbons (Fsp3) is 0.500. The van der Waals surface area contributed by atoms with Crippen LogP contribution in [-0.4, -0.2) is 15.2 Å². The lowest BCUT2D eigenvalue weighted by Gasteiger charge is -2.25. The van der Waals surface area contributed by atoms with E-state index >= 15 is 0 Å². The van der Waals surface area contributed by atoms with Crippen molar-refractivity contribution in [1.29, 1.82) is 0 Å². The number of hydrogen-bond donors (Lipinski definition) is 0. The first kappa shape index (κ1) is 13.6. The fourth-order valence-electron chi connectivity index (χ4n) is 1.19. The van der Waals surface area contributed by atoms with Crippen molar-refractivity contribution in [1.82, 2.24) is 0 Å². The molecular formula is C12H19ClO2Si. The molecule has 0 saturated heterocycles.